The van der Waals surface area contributed by atoms with Crippen LogP contribution in [-0.4, -0.2) is 43.0 Å². The number of nitrogens with zero attached hydrogens (tertiary/aromatic N) is 1. The van der Waals surface area contributed by atoms with Crippen LogP contribution in [0.3, 0.4) is 0 Å². The Morgan fingerprint density at radius 1 is 1.13 bits per heavy atom. The van der Waals surface area contributed by atoms with E-state index in [1.165, 1.54) is 0 Å². The van der Waals surface area contributed by atoms with Gasteiger partial charge in [-0.1, -0.05) is 30.7 Å². The summed E-state index contributed by atoms with van der Waals surface area (Å²) < 4.78 is 5.75. The number of aliphatic hydroxyl groups is 1. The van der Waals surface area contributed by atoms with Crippen molar-refractivity contribution in [3.8, 4) is 5.75 Å². The summed E-state index contributed by atoms with van der Waals surface area (Å²) in [6.07, 6.45) is 3.94. The van der Waals surface area contributed by atoms with Crippen LogP contribution < -0.4 is 26.4 Å². The van der Waals surface area contributed by atoms with Gasteiger partial charge in [0.1, 0.15) is 18.5 Å². The Morgan fingerprint density at radius 3 is 2.63 bits per heavy atom. The summed E-state index contributed by atoms with van der Waals surface area (Å²) in [5, 5.41) is 14.2. The predicted octanol–water partition coefficient (Wildman–Crippen LogP) is 2.23. The molecule has 0 saturated heterocycles. The third kappa shape index (κ3) is 6.11. The number of anilines is 2. The molecule has 0 aromatic heterocycles. The molecule has 2 aromatic carbocycles. The van der Waals surface area contributed by atoms with Gasteiger partial charge in [-0.2, -0.15) is 0 Å². The molecule has 0 spiro atoms. The van der Waals surface area contributed by atoms with Gasteiger partial charge in [0.2, 0.25) is 5.91 Å². The Balaban J connectivity index is 1.54. The Morgan fingerprint density at radius 2 is 1.90 bits per heavy atom. The molecule has 30 heavy (non-hydrogen) atoms. The molecule has 162 valence electrons. The highest BCUT2D eigenvalue weighted by atomic mass is 16.5. The first-order valence-corrected chi connectivity index (χ1v) is 10.6. The second-order valence-corrected chi connectivity index (χ2v) is 7.72. The van der Waals surface area contributed by atoms with E-state index in [0.717, 1.165) is 49.2 Å². The maximum Gasteiger partial charge on any atom is 0.221 e. The summed E-state index contributed by atoms with van der Waals surface area (Å²) >= 11 is 0. The number of hydrogen-bond acceptors (Lipinski definition) is 6. The number of benzene rings is 2. The van der Waals surface area contributed by atoms with Crippen LogP contribution in [0, 0.1) is 0 Å². The first-order chi connectivity index (χ1) is 14.6. The summed E-state index contributed by atoms with van der Waals surface area (Å²) in [4.78, 5) is 13.2. The molecule has 0 radical (unpaired) electrons. The number of ether oxygens (including phenoxy) is 1. The number of amides is 1. The van der Waals surface area contributed by atoms with Gasteiger partial charge in [-0.25, -0.2) is 0 Å². The molecule has 0 saturated carbocycles. The van der Waals surface area contributed by atoms with E-state index in [2.05, 4.69) is 22.3 Å². The number of nitrogens with one attached hydrogen (secondary N) is 1. The molecule has 0 bridgehead atoms. The zero-order chi connectivity index (χ0) is 21.3. The van der Waals surface area contributed by atoms with Crippen LogP contribution in [0.4, 0.5) is 11.4 Å². The van der Waals surface area contributed by atoms with Crippen LogP contribution in [0.25, 0.3) is 0 Å². The normalized spacial score (nSPS) is 16.1. The van der Waals surface area contributed by atoms with E-state index in [1.807, 2.05) is 24.3 Å². The Hall–Kier alpha value is -2.77. The monoisotopic (exact) mass is 412 g/mol. The van der Waals surface area contributed by atoms with Crippen LogP contribution in [0.2, 0.25) is 0 Å². The Labute approximate surface area is 178 Å². The number of nitrogens with two attached hydrogens (primary N) is 2. The molecule has 1 amide bonds. The topological polar surface area (TPSA) is 114 Å². The van der Waals surface area contributed by atoms with Crippen molar-refractivity contribution in [1.29, 1.82) is 0 Å². The summed E-state index contributed by atoms with van der Waals surface area (Å²) in [5.74, 6) is 0.289. The van der Waals surface area contributed by atoms with E-state index in [-0.39, 0.29) is 25.1 Å². The van der Waals surface area contributed by atoms with Crippen molar-refractivity contribution in [2.24, 2.45) is 11.5 Å². The number of unbranched alkanes of at least 4 members (excludes halogenated alkanes) is 2. The van der Waals surface area contributed by atoms with Gasteiger partial charge >= 0.3 is 0 Å². The summed E-state index contributed by atoms with van der Waals surface area (Å²) in [6, 6.07) is 15.4. The first-order valence-electron chi connectivity index (χ1n) is 10.6. The molecular formula is C23H32N4O3. The minimum absolute atomic E-state index is 0.155. The van der Waals surface area contributed by atoms with Crippen molar-refractivity contribution in [2.45, 2.75) is 44.4 Å². The fourth-order valence-corrected chi connectivity index (χ4v) is 3.76. The number of rotatable bonds is 12. The average Bonchev–Trinajstić information content (AvgIpc) is 3.08. The van der Waals surface area contributed by atoms with Gasteiger partial charge in [0.15, 0.2) is 0 Å². The molecule has 2 unspecified atom stereocenters. The minimum Gasteiger partial charge on any atom is -0.491 e. The lowest BCUT2D eigenvalue weighted by Crippen LogP contribution is -2.42. The van der Waals surface area contributed by atoms with Crippen LogP contribution in [0.1, 0.15) is 31.2 Å². The molecule has 2 atom stereocenters. The van der Waals surface area contributed by atoms with Gasteiger partial charge in [0.05, 0.1) is 24.0 Å². The molecule has 1 aliphatic heterocycles. The first kappa shape index (κ1) is 21.9. The lowest BCUT2D eigenvalue weighted by Gasteiger charge is -2.29. The van der Waals surface area contributed by atoms with E-state index in [0.29, 0.717) is 12.3 Å². The highest BCUT2D eigenvalue weighted by Crippen LogP contribution is 2.35. The highest BCUT2D eigenvalue weighted by molar-refractivity contribution is 5.76. The highest BCUT2D eigenvalue weighted by Gasteiger charge is 2.29. The number of para-hydroxylation sites is 2. The van der Waals surface area contributed by atoms with E-state index in [9.17, 15) is 9.90 Å². The van der Waals surface area contributed by atoms with Crippen molar-refractivity contribution in [3.05, 3.63) is 54.1 Å². The minimum atomic E-state index is -0.644. The van der Waals surface area contributed by atoms with Crippen molar-refractivity contribution in [2.75, 3.05) is 29.9 Å². The van der Waals surface area contributed by atoms with Crippen molar-refractivity contribution in [1.82, 2.24) is 0 Å². The maximum absolute atomic E-state index is 11.0. The summed E-state index contributed by atoms with van der Waals surface area (Å²) in [5.41, 5.74) is 13.9. The number of β-amino-alcohol motifs (C(OH)–C–C–N with tert-alkyl or cyclic N) is 1. The molecule has 7 heteroatoms. The zero-order valence-electron chi connectivity index (χ0n) is 17.3. The summed E-state index contributed by atoms with van der Waals surface area (Å²) in [7, 11) is 0. The van der Waals surface area contributed by atoms with Gasteiger partial charge in [-0.15, -0.1) is 0 Å². The lowest BCUT2D eigenvalue weighted by molar-refractivity contribution is -0.117. The molecule has 1 aliphatic rings. The van der Waals surface area contributed by atoms with Crippen LogP contribution in [0.5, 0.6) is 5.75 Å². The molecule has 3 rings (SSSR count). The molecule has 0 fully saturated rings. The largest absolute Gasteiger partial charge is 0.491 e. The van der Waals surface area contributed by atoms with Gasteiger partial charge < -0.3 is 31.5 Å². The number of aliphatic hydroxyl groups excluding tert-OH is 1. The van der Waals surface area contributed by atoms with Crippen molar-refractivity contribution in [3.63, 3.8) is 0 Å². The zero-order valence-corrected chi connectivity index (χ0v) is 17.3. The molecule has 0 aliphatic carbocycles. The number of hydrogen-bond donors (Lipinski definition) is 4. The quantitative estimate of drug-likeness (QED) is 0.398. The average molecular weight is 413 g/mol. The number of carbonyl (C=O) groups is 1. The molecular weight excluding hydrogens is 380 g/mol. The number of primary amides is 1. The van der Waals surface area contributed by atoms with Gasteiger partial charge in [-0.3, -0.25) is 4.79 Å². The number of fused-ring (bicyclic) bond motifs is 1. The molecule has 2 aromatic rings. The van der Waals surface area contributed by atoms with Crippen LogP contribution in [-0.2, 0) is 11.2 Å². The molecule has 6 N–H and O–H groups in total. The van der Waals surface area contributed by atoms with E-state index < -0.39 is 6.10 Å². The fourth-order valence-electron chi connectivity index (χ4n) is 3.76. The van der Waals surface area contributed by atoms with Gasteiger partial charge in [0.25, 0.3) is 0 Å². The maximum atomic E-state index is 11.0. The van der Waals surface area contributed by atoms with E-state index in [4.69, 9.17) is 16.2 Å². The SMILES string of the molecule is NCCCCCC1Nc2ccccc2N1CC(O)COc1ccc(CC(N)=O)cc1. The second-order valence-electron chi connectivity index (χ2n) is 7.72. The number of carbonyl (C=O) groups excluding carboxylic acids is 1. The van der Waals surface area contributed by atoms with Crippen LogP contribution in [0.15, 0.2) is 48.5 Å². The Bertz CT molecular complexity index is 812. The van der Waals surface area contributed by atoms with E-state index in [1.54, 1.807) is 12.1 Å². The van der Waals surface area contributed by atoms with Crippen molar-refractivity contribution >= 4 is 17.3 Å². The third-order valence-corrected chi connectivity index (χ3v) is 5.25. The lowest BCUT2D eigenvalue weighted by atomic mass is 10.1. The van der Waals surface area contributed by atoms with Gasteiger partial charge in [-0.05, 0) is 55.6 Å². The van der Waals surface area contributed by atoms with Crippen LogP contribution >= 0.6 is 0 Å². The standard InChI is InChI=1S/C23H32N4O3/c24-13-5-1-2-8-23-26-20-6-3-4-7-21(20)27(23)15-18(28)16-30-19-11-9-17(10-12-19)14-22(25)29/h3-4,6-7,9-12,18,23,26,28H,1-2,5,8,13-16,24H2,(H2,25,29). The predicted molar refractivity (Wildman–Crippen MR) is 120 cm³/mol. The molecule has 1 heterocycles. The third-order valence-electron chi connectivity index (χ3n) is 5.25. The second kappa shape index (κ2) is 10.8. The fraction of sp³-hybridized carbons (Fsp3) is 0.435. The molecule has 7 nitrogen and oxygen atoms in total. The Kier molecular flexibility index (Phi) is 7.93. The van der Waals surface area contributed by atoms with Gasteiger partial charge in [0, 0.05) is 6.54 Å². The van der Waals surface area contributed by atoms with Crippen molar-refractivity contribution < 1.29 is 14.6 Å². The summed E-state index contributed by atoms with van der Waals surface area (Å²) in [6.45, 7) is 1.39. The van der Waals surface area contributed by atoms with E-state index >= 15 is 0 Å². The smallest absolute Gasteiger partial charge is 0.221 e.